The van der Waals surface area contributed by atoms with Gasteiger partial charge in [0.1, 0.15) is 10.6 Å². The number of anilines is 1. The lowest BCUT2D eigenvalue weighted by Gasteiger charge is -2.34. The number of benzene rings is 1. The first-order valence-corrected chi connectivity index (χ1v) is 7.11. The van der Waals surface area contributed by atoms with E-state index in [1.807, 2.05) is 25.1 Å². The molecule has 0 radical (unpaired) electrons. The molecule has 0 saturated carbocycles. The molecule has 1 aliphatic rings. The summed E-state index contributed by atoms with van der Waals surface area (Å²) in [7, 11) is 2.10. The minimum absolute atomic E-state index is 0.188. The molecule has 0 spiro atoms. The Morgan fingerprint density at radius 1 is 1.20 bits per heavy atom. The molecule has 0 aliphatic carbocycles. The molecule has 20 heavy (non-hydrogen) atoms. The van der Waals surface area contributed by atoms with Crippen molar-refractivity contribution >= 4 is 28.3 Å². The Balaban J connectivity index is 2.20. The molecule has 5 heteroatoms. The summed E-state index contributed by atoms with van der Waals surface area (Å²) in [5.41, 5.74) is 1.94. The van der Waals surface area contributed by atoms with Crippen LogP contribution in [0.15, 0.2) is 27.4 Å². The van der Waals surface area contributed by atoms with Crippen LogP contribution in [0.3, 0.4) is 0 Å². The molecule has 4 nitrogen and oxygen atoms in total. The molecule has 0 atom stereocenters. The molecular formula is C15H17ClN2O2. The maximum atomic E-state index is 12.0. The van der Waals surface area contributed by atoms with Gasteiger partial charge in [-0.15, -0.1) is 0 Å². The smallest absolute Gasteiger partial charge is 0.357 e. The second kappa shape index (κ2) is 5.11. The number of rotatable bonds is 1. The lowest BCUT2D eigenvalue weighted by Crippen LogP contribution is -2.45. The molecule has 3 rings (SSSR count). The summed E-state index contributed by atoms with van der Waals surface area (Å²) in [6.07, 6.45) is 0. The third-order valence-corrected chi connectivity index (χ3v) is 4.20. The third kappa shape index (κ3) is 2.19. The van der Waals surface area contributed by atoms with Gasteiger partial charge in [0.25, 0.3) is 0 Å². The fourth-order valence-electron chi connectivity index (χ4n) is 2.67. The van der Waals surface area contributed by atoms with Crippen LogP contribution >= 0.6 is 11.6 Å². The van der Waals surface area contributed by atoms with Gasteiger partial charge in [-0.05, 0) is 25.6 Å². The zero-order chi connectivity index (χ0) is 14.3. The molecule has 0 amide bonds. The highest BCUT2D eigenvalue weighted by Gasteiger charge is 2.22. The predicted molar refractivity (Wildman–Crippen MR) is 81.9 cm³/mol. The standard InChI is InChI=1S/C15H17ClN2O2/c1-10-4-3-5-11-13(12(16)15(19)20-14(10)11)18-8-6-17(2)7-9-18/h3-5H,6-9H2,1-2H3. The van der Waals surface area contributed by atoms with Crippen LogP contribution < -0.4 is 10.5 Å². The fraction of sp³-hybridized carbons (Fsp3) is 0.400. The van der Waals surface area contributed by atoms with Crippen LogP contribution in [0.25, 0.3) is 11.0 Å². The van der Waals surface area contributed by atoms with E-state index in [1.165, 1.54) is 0 Å². The van der Waals surface area contributed by atoms with Crippen molar-refractivity contribution in [2.45, 2.75) is 6.92 Å². The van der Waals surface area contributed by atoms with Crippen LogP contribution in [0.4, 0.5) is 5.69 Å². The monoisotopic (exact) mass is 292 g/mol. The molecule has 1 aromatic carbocycles. The molecule has 0 unspecified atom stereocenters. The number of piperazine rings is 1. The molecule has 0 bridgehead atoms. The van der Waals surface area contributed by atoms with Crippen LogP contribution in [-0.4, -0.2) is 38.1 Å². The van der Waals surface area contributed by atoms with E-state index >= 15 is 0 Å². The van der Waals surface area contributed by atoms with E-state index < -0.39 is 5.63 Å². The summed E-state index contributed by atoms with van der Waals surface area (Å²) in [4.78, 5) is 16.4. The Kier molecular flexibility index (Phi) is 3.44. The Hall–Kier alpha value is -1.52. The Bertz CT molecular complexity index is 703. The van der Waals surface area contributed by atoms with Gasteiger partial charge >= 0.3 is 5.63 Å². The molecule has 1 saturated heterocycles. The molecule has 1 fully saturated rings. The Morgan fingerprint density at radius 3 is 2.60 bits per heavy atom. The maximum Gasteiger partial charge on any atom is 0.357 e. The predicted octanol–water partition coefficient (Wildman–Crippen LogP) is 2.51. The van der Waals surface area contributed by atoms with Crippen molar-refractivity contribution in [3.8, 4) is 0 Å². The lowest BCUT2D eigenvalue weighted by atomic mass is 10.1. The lowest BCUT2D eigenvalue weighted by molar-refractivity contribution is 0.313. The van der Waals surface area contributed by atoms with E-state index in [9.17, 15) is 4.79 Å². The quantitative estimate of drug-likeness (QED) is 0.757. The SMILES string of the molecule is Cc1cccc2c(N3CCN(C)CC3)c(Cl)c(=O)oc12. The van der Waals surface area contributed by atoms with Crippen LogP contribution in [0.5, 0.6) is 0 Å². The van der Waals surface area contributed by atoms with Crippen molar-refractivity contribution in [1.29, 1.82) is 0 Å². The van der Waals surface area contributed by atoms with Crippen LogP contribution in [0, 0.1) is 6.92 Å². The number of fused-ring (bicyclic) bond motifs is 1. The molecular weight excluding hydrogens is 276 g/mol. The van der Waals surface area contributed by atoms with E-state index in [1.54, 1.807) is 0 Å². The van der Waals surface area contributed by atoms with Crippen molar-refractivity contribution in [2.24, 2.45) is 0 Å². The maximum absolute atomic E-state index is 12.0. The van der Waals surface area contributed by atoms with Gasteiger partial charge in [0.15, 0.2) is 0 Å². The zero-order valence-electron chi connectivity index (χ0n) is 11.6. The van der Waals surface area contributed by atoms with Gasteiger partial charge in [-0.1, -0.05) is 23.7 Å². The average Bonchev–Trinajstić information content (AvgIpc) is 2.43. The van der Waals surface area contributed by atoms with Crippen molar-refractivity contribution in [1.82, 2.24) is 4.90 Å². The van der Waals surface area contributed by atoms with Crippen molar-refractivity contribution in [3.63, 3.8) is 0 Å². The molecule has 0 N–H and O–H groups in total. The summed E-state index contributed by atoms with van der Waals surface area (Å²) in [6.45, 7) is 5.59. The third-order valence-electron chi connectivity index (χ3n) is 3.87. The normalized spacial score (nSPS) is 16.9. The van der Waals surface area contributed by atoms with E-state index in [2.05, 4.69) is 16.8 Å². The van der Waals surface area contributed by atoms with E-state index in [-0.39, 0.29) is 5.02 Å². The number of hydrogen-bond donors (Lipinski definition) is 0. The van der Waals surface area contributed by atoms with Crippen LogP contribution in [-0.2, 0) is 0 Å². The first-order chi connectivity index (χ1) is 9.58. The van der Waals surface area contributed by atoms with Crippen molar-refractivity contribution in [3.05, 3.63) is 39.2 Å². The van der Waals surface area contributed by atoms with Gasteiger partial charge in [-0.2, -0.15) is 0 Å². The van der Waals surface area contributed by atoms with Crippen molar-refractivity contribution in [2.75, 3.05) is 38.1 Å². The number of para-hydroxylation sites is 1. The second-order valence-electron chi connectivity index (χ2n) is 5.29. The second-order valence-corrected chi connectivity index (χ2v) is 5.67. The molecule has 1 aromatic heterocycles. The first kappa shape index (κ1) is 13.5. The summed E-state index contributed by atoms with van der Waals surface area (Å²) in [5.74, 6) is 0. The number of aryl methyl sites for hydroxylation is 1. The van der Waals surface area contributed by atoms with Gasteiger partial charge in [-0.25, -0.2) is 4.79 Å². The minimum atomic E-state index is -0.456. The number of likely N-dealkylation sites (N-methyl/N-ethyl adjacent to an activating group) is 1. The van der Waals surface area contributed by atoms with Crippen molar-refractivity contribution < 1.29 is 4.42 Å². The van der Waals surface area contributed by atoms with Gasteiger partial charge in [-0.3, -0.25) is 0 Å². The largest absolute Gasteiger partial charge is 0.421 e. The fourth-order valence-corrected chi connectivity index (χ4v) is 2.93. The van der Waals surface area contributed by atoms with E-state index in [0.717, 1.165) is 42.8 Å². The van der Waals surface area contributed by atoms with Gasteiger partial charge in [0.05, 0.1) is 5.69 Å². The Labute approximate surface area is 122 Å². The van der Waals surface area contributed by atoms with Gasteiger partial charge in [0, 0.05) is 31.6 Å². The molecule has 1 aliphatic heterocycles. The van der Waals surface area contributed by atoms with Crippen LogP contribution in [0.1, 0.15) is 5.56 Å². The highest BCUT2D eigenvalue weighted by Crippen LogP contribution is 2.33. The zero-order valence-corrected chi connectivity index (χ0v) is 12.4. The number of nitrogens with zero attached hydrogens (tertiary/aromatic N) is 2. The summed E-state index contributed by atoms with van der Waals surface area (Å²) in [6, 6.07) is 5.87. The summed E-state index contributed by atoms with van der Waals surface area (Å²) >= 11 is 6.23. The first-order valence-electron chi connectivity index (χ1n) is 6.73. The minimum Gasteiger partial charge on any atom is -0.421 e. The number of hydrogen-bond acceptors (Lipinski definition) is 4. The average molecular weight is 293 g/mol. The summed E-state index contributed by atoms with van der Waals surface area (Å²) < 4.78 is 5.35. The highest BCUT2D eigenvalue weighted by atomic mass is 35.5. The Morgan fingerprint density at radius 2 is 1.90 bits per heavy atom. The van der Waals surface area contributed by atoms with Gasteiger partial charge < -0.3 is 14.2 Å². The van der Waals surface area contributed by atoms with E-state index in [4.69, 9.17) is 16.0 Å². The topological polar surface area (TPSA) is 36.7 Å². The molecule has 106 valence electrons. The highest BCUT2D eigenvalue weighted by molar-refractivity contribution is 6.34. The summed E-state index contributed by atoms with van der Waals surface area (Å²) in [5, 5.41) is 1.10. The number of halogens is 1. The van der Waals surface area contributed by atoms with Crippen LogP contribution in [0.2, 0.25) is 5.02 Å². The molecule has 2 heterocycles. The van der Waals surface area contributed by atoms with E-state index in [0.29, 0.717) is 5.58 Å². The van der Waals surface area contributed by atoms with Gasteiger partial charge in [0.2, 0.25) is 0 Å². The molecule has 2 aromatic rings.